The first-order valence-electron chi connectivity index (χ1n) is 13.9. The molecule has 7 aromatic rings. The Morgan fingerprint density at radius 3 is 2.07 bits per heavy atom. The van der Waals surface area contributed by atoms with Crippen molar-refractivity contribution in [2.45, 2.75) is 12.8 Å². The van der Waals surface area contributed by atoms with Gasteiger partial charge in [0.15, 0.2) is 17.5 Å². The molecule has 0 N–H and O–H groups in total. The van der Waals surface area contributed by atoms with Crippen LogP contribution in [0.15, 0.2) is 126 Å². The molecule has 1 aliphatic rings. The Hall–Kier alpha value is -5.35. The number of furan rings is 1. The number of rotatable bonds is 4. The number of fused-ring (bicyclic) bond motifs is 4. The van der Waals surface area contributed by atoms with Crippen LogP contribution in [0.25, 0.3) is 73.3 Å². The topological polar surface area (TPSA) is 51.8 Å². The van der Waals surface area contributed by atoms with Gasteiger partial charge in [0.05, 0.1) is 0 Å². The number of hydrogen-bond donors (Lipinski definition) is 0. The summed E-state index contributed by atoms with van der Waals surface area (Å²) in [6.07, 6.45) is 6.41. The Kier molecular flexibility index (Phi) is 5.56. The minimum Gasteiger partial charge on any atom is -0.456 e. The van der Waals surface area contributed by atoms with Crippen LogP contribution in [0, 0.1) is 0 Å². The molecule has 1 aliphatic carbocycles. The van der Waals surface area contributed by atoms with Crippen LogP contribution in [-0.2, 0) is 6.42 Å². The van der Waals surface area contributed by atoms with Crippen LogP contribution in [0.3, 0.4) is 0 Å². The maximum absolute atomic E-state index is 6.33. The molecule has 2 heterocycles. The summed E-state index contributed by atoms with van der Waals surface area (Å²) in [4.78, 5) is 15.2. The van der Waals surface area contributed by atoms with Crippen molar-refractivity contribution in [3.63, 3.8) is 0 Å². The van der Waals surface area contributed by atoms with Crippen molar-refractivity contribution in [1.29, 1.82) is 0 Å². The van der Waals surface area contributed by atoms with E-state index in [2.05, 4.69) is 78.9 Å². The van der Waals surface area contributed by atoms with E-state index in [1.165, 1.54) is 11.1 Å². The number of aromatic nitrogens is 3. The molecule has 0 fully saturated rings. The SMILES string of the molecule is C1=Cc2cccc(-c3nc(-c4ccccc4)nc(-c4cccc5oc6ccc(-c7ccccc7)cc6c45)n3)c2CC1. The molecule has 0 atom stereocenters. The van der Waals surface area contributed by atoms with Crippen molar-refractivity contribution >= 4 is 28.0 Å². The predicted molar refractivity (Wildman–Crippen MR) is 166 cm³/mol. The highest BCUT2D eigenvalue weighted by Crippen LogP contribution is 2.39. The number of allylic oxidation sites excluding steroid dienone is 1. The van der Waals surface area contributed by atoms with Gasteiger partial charge in [-0.3, -0.25) is 0 Å². The molecule has 5 aromatic carbocycles. The fourth-order valence-electron chi connectivity index (χ4n) is 5.84. The monoisotopic (exact) mass is 527 g/mol. The van der Waals surface area contributed by atoms with Gasteiger partial charge in [0.2, 0.25) is 0 Å². The second kappa shape index (κ2) is 9.68. The molecule has 4 nitrogen and oxygen atoms in total. The van der Waals surface area contributed by atoms with Gasteiger partial charge in [-0.05, 0) is 53.3 Å². The lowest BCUT2D eigenvalue weighted by Gasteiger charge is -2.16. The molecular weight excluding hydrogens is 502 g/mol. The third kappa shape index (κ3) is 4.12. The molecule has 0 saturated carbocycles. The predicted octanol–water partition coefficient (Wildman–Crippen LogP) is 9.40. The van der Waals surface area contributed by atoms with E-state index >= 15 is 0 Å². The lowest BCUT2D eigenvalue weighted by molar-refractivity contribution is 0.669. The average molecular weight is 528 g/mol. The molecule has 0 amide bonds. The largest absolute Gasteiger partial charge is 0.456 e. The van der Waals surface area contributed by atoms with Crippen LogP contribution in [0.1, 0.15) is 17.5 Å². The summed E-state index contributed by atoms with van der Waals surface area (Å²) in [6, 6.07) is 39.4. The zero-order valence-corrected chi connectivity index (χ0v) is 22.3. The summed E-state index contributed by atoms with van der Waals surface area (Å²) in [6.45, 7) is 0. The van der Waals surface area contributed by atoms with E-state index in [4.69, 9.17) is 19.4 Å². The molecule has 0 saturated heterocycles. The first kappa shape index (κ1) is 23.5. The van der Waals surface area contributed by atoms with Crippen molar-refractivity contribution in [3.8, 4) is 45.3 Å². The lowest BCUT2D eigenvalue weighted by atomic mass is 9.92. The van der Waals surface area contributed by atoms with Gasteiger partial charge in [0, 0.05) is 27.5 Å². The molecule has 4 heteroatoms. The summed E-state index contributed by atoms with van der Waals surface area (Å²) >= 11 is 0. The highest BCUT2D eigenvalue weighted by atomic mass is 16.3. The minimum absolute atomic E-state index is 0.635. The molecule has 0 radical (unpaired) electrons. The first-order chi connectivity index (χ1) is 20.3. The lowest BCUT2D eigenvalue weighted by Crippen LogP contribution is -2.04. The van der Waals surface area contributed by atoms with Crippen molar-refractivity contribution in [2.24, 2.45) is 0 Å². The molecular formula is C37H25N3O. The van der Waals surface area contributed by atoms with Gasteiger partial charge < -0.3 is 4.42 Å². The summed E-state index contributed by atoms with van der Waals surface area (Å²) < 4.78 is 6.33. The summed E-state index contributed by atoms with van der Waals surface area (Å²) in [5.41, 5.74) is 9.41. The average Bonchev–Trinajstić information content (AvgIpc) is 3.43. The summed E-state index contributed by atoms with van der Waals surface area (Å²) in [5, 5.41) is 2.05. The fourth-order valence-corrected chi connectivity index (χ4v) is 5.84. The molecule has 0 spiro atoms. The zero-order valence-electron chi connectivity index (χ0n) is 22.3. The standard InChI is InChI=1S/C37H25N3O/c1-3-11-24(12-4-1)27-21-22-32-31(23-27)34-30(19-10-20-33(34)41-32)37-39-35(26-14-5-2-6-15-26)38-36(40-37)29-18-9-16-25-13-7-8-17-28(25)29/h1-7,9-16,18-23H,8,17H2. The van der Waals surface area contributed by atoms with Crippen LogP contribution in [0.5, 0.6) is 0 Å². The van der Waals surface area contributed by atoms with Gasteiger partial charge in [-0.25, -0.2) is 15.0 Å². The van der Waals surface area contributed by atoms with E-state index < -0.39 is 0 Å². The normalized spacial score (nSPS) is 12.6. The van der Waals surface area contributed by atoms with E-state index in [0.717, 1.165) is 62.6 Å². The van der Waals surface area contributed by atoms with Gasteiger partial charge in [-0.2, -0.15) is 0 Å². The highest BCUT2D eigenvalue weighted by molar-refractivity contribution is 6.12. The summed E-state index contributed by atoms with van der Waals surface area (Å²) in [7, 11) is 0. The molecule has 0 bridgehead atoms. The Morgan fingerprint density at radius 1 is 0.537 bits per heavy atom. The Balaban J connectivity index is 1.39. The Morgan fingerprint density at radius 2 is 1.24 bits per heavy atom. The smallest absolute Gasteiger partial charge is 0.164 e. The van der Waals surface area contributed by atoms with Gasteiger partial charge in [0.25, 0.3) is 0 Å². The maximum atomic E-state index is 6.33. The molecule has 0 aliphatic heterocycles. The first-order valence-corrected chi connectivity index (χ1v) is 13.9. The van der Waals surface area contributed by atoms with Crippen LogP contribution < -0.4 is 0 Å². The van der Waals surface area contributed by atoms with Gasteiger partial charge in [-0.15, -0.1) is 0 Å². The maximum Gasteiger partial charge on any atom is 0.164 e. The van der Waals surface area contributed by atoms with Crippen LogP contribution in [-0.4, -0.2) is 15.0 Å². The van der Waals surface area contributed by atoms with Crippen LogP contribution in [0.2, 0.25) is 0 Å². The van der Waals surface area contributed by atoms with Gasteiger partial charge in [-0.1, -0.05) is 109 Å². The van der Waals surface area contributed by atoms with E-state index in [0.29, 0.717) is 17.5 Å². The molecule has 8 rings (SSSR count). The van der Waals surface area contributed by atoms with Crippen molar-refractivity contribution in [1.82, 2.24) is 15.0 Å². The number of hydrogen-bond acceptors (Lipinski definition) is 4. The summed E-state index contributed by atoms with van der Waals surface area (Å²) in [5.74, 6) is 1.98. The molecule has 2 aromatic heterocycles. The van der Waals surface area contributed by atoms with Gasteiger partial charge >= 0.3 is 0 Å². The molecule has 194 valence electrons. The highest BCUT2D eigenvalue weighted by Gasteiger charge is 2.20. The zero-order chi connectivity index (χ0) is 27.2. The van der Waals surface area contributed by atoms with Crippen molar-refractivity contribution < 1.29 is 4.42 Å². The number of nitrogens with zero attached hydrogens (tertiary/aromatic N) is 3. The number of benzene rings is 5. The van der Waals surface area contributed by atoms with Crippen molar-refractivity contribution in [2.75, 3.05) is 0 Å². The van der Waals surface area contributed by atoms with E-state index in [9.17, 15) is 0 Å². The minimum atomic E-state index is 0.635. The second-order valence-electron chi connectivity index (χ2n) is 10.3. The second-order valence-corrected chi connectivity index (χ2v) is 10.3. The Labute approximate surface area is 237 Å². The third-order valence-electron chi connectivity index (χ3n) is 7.82. The quantitative estimate of drug-likeness (QED) is 0.229. The van der Waals surface area contributed by atoms with E-state index in [-0.39, 0.29) is 0 Å². The molecule has 41 heavy (non-hydrogen) atoms. The Bertz CT molecular complexity index is 2090. The van der Waals surface area contributed by atoms with Crippen molar-refractivity contribution in [3.05, 3.63) is 132 Å². The van der Waals surface area contributed by atoms with E-state index in [1.807, 2.05) is 48.5 Å². The van der Waals surface area contributed by atoms with Gasteiger partial charge in [0.1, 0.15) is 11.2 Å². The van der Waals surface area contributed by atoms with Crippen LogP contribution in [0.4, 0.5) is 0 Å². The molecule has 0 unspecified atom stereocenters. The fraction of sp³-hybridized carbons (Fsp3) is 0.0541. The van der Waals surface area contributed by atoms with Crippen LogP contribution >= 0.6 is 0 Å². The van der Waals surface area contributed by atoms with E-state index in [1.54, 1.807) is 0 Å². The third-order valence-corrected chi connectivity index (χ3v) is 7.82.